The maximum atomic E-state index is 11.5. The number of carbonyl (C=O) groups excluding carboxylic acids is 1. The number of aliphatic imine (C=N–C) groups is 1. The Labute approximate surface area is 164 Å². The van der Waals surface area contributed by atoms with Gasteiger partial charge < -0.3 is 14.6 Å². The van der Waals surface area contributed by atoms with Gasteiger partial charge in [0.15, 0.2) is 0 Å². The number of hydrogen-bond acceptors (Lipinski definition) is 3. The first-order valence-corrected chi connectivity index (χ1v) is 9.78. The Morgan fingerprint density at radius 1 is 1.18 bits per heavy atom. The van der Waals surface area contributed by atoms with Crippen molar-refractivity contribution in [2.75, 3.05) is 7.05 Å². The predicted molar refractivity (Wildman–Crippen MR) is 110 cm³/mol. The average molecular weight is 373 g/mol. The van der Waals surface area contributed by atoms with Crippen LogP contribution in [0.25, 0.3) is 10.9 Å². The lowest BCUT2D eigenvalue weighted by molar-refractivity contribution is 0.203. The number of amides is 1. The highest BCUT2D eigenvalue weighted by Gasteiger charge is 2.39. The van der Waals surface area contributed by atoms with Crippen LogP contribution in [0.15, 0.2) is 53.5 Å². The molecule has 2 aliphatic rings. The molecular formula is C23H23N3O2. The molecule has 0 saturated heterocycles. The van der Waals surface area contributed by atoms with Crippen LogP contribution in [0.2, 0.25) is 0 Å². The molecule has 5 heteroatoms. The van der Waals surface area contributed by atoms with Gasteiger partial charge >= 0.3 is 6.09 Å². The fraction of sp³-hybridized carbons (Fsp3) is 0.304. The second-order valence-electron chi connectivity index (χ2n) is 7.60. The number of nitrogens with one attached hydrogen (secondary N) is 1. The Kier molecular flexibility index (Phi) is 3.97. The molecule has 2 atom stereocenters. The number of aryl methyl sites for hydroxylation is 2. The number of rotatable bonds is 3. The van der Waals surface area contributed by atoms with Gasteiger partial charge in [-0.3, -0.25) is 4.99 Å². The molecule has 0 bridgehead atoms. The predicted octanol–water partition coefficient (Wildman–Crippen LogP) is 4.19. The maximum Gasteiger partial charge on any atom is 0.412 e. The van der Waals surface area contributed by atoms with Gasteiger partial charge in [-0.1, -0.05) is 30.3 Å². The minimum atomic E-state index is -0.449. The average Bonchev–Trinajstić information content (AvgIpc) is 3.28. The third-order valence-corrected chi connectivity index (χ3v) is 5.88. The third-order valence-electron chi connectivity index (χ3n) is 5.88. The molecular weight excluding hydrogens is 350 g/mol. The number of carbonyl (C=O) groups is 1. The Balaban J connectivity index is 1.47. The molecule has 28 heavy (non-hydrogen) atoms. The van der Waals surface area contributed by atoms with Crippen molar-refractivity contribution in [1.29, 1.82) is 0 Å². The molecule has 0 radical (unpaired) electrons. The van der Waals surface area contributed by atoms with E-state index in [0.29, 0.717) is 17.7 Å². The zero-order valence-corrected chi connectivity index (χ0v) is 16.1. The molecule has 2 aliphatic carbocycles. The van der Waals surface area contributed by atoms with E-state index in [2.05, 4.69) is 47.3 Å². The van der Waals surface area contributed by atoms with Gasteiger partial charge in [-0.2, -0.15) is 0 Å². The number of hydrogen-bond donors (Lipinski definition) is 1. The standard InChI is InChI=1S/C23H23N3O2/c1-24-23(27)28-15-8-11-21-18(12-15)16-9-10-19(22(16)26(21)2)25-20-13-17(20)14-6-4-3-5-7-14/h3-8,11-12,17,20H,9-10,13H2,1-2H3,(H,24,27)/b25-19+. The largest absolute Gasteiger partial charge is 0.412 e. The van der Waals surface area contributed by atoms with E-state index in [1.54, 1.807) is 7.05 Å². The molecule has 0 aliphatic heterocycles. The summed E-state index contributed by atoms with van der Waals surface area (Å²) in [6.07, 6.45) is 2.65. The van der Waals surface area contributed by atoms with Crippen LogP contribution in [0.5, 0.6) is 5.75 Å². The first kappa shape index (κ1) is 17.0. The molecule has 1 amide bonds. The molecule has 1 saturated carbocycles. The highest BCUT2D eigenvalue weighted by molar-refractivity contribution is 6.09. The minimum Gasteiger partial charge on any atom is -0.410 e. The van der Waals surface area contributed by atoms with Gasteiger partial charge in [0.1, 0.15) is 5.75 Å². The number of aromatic nitrogens is 1. The Hall–Kier alpha value is -3.08. The van der Waals surface area contributed by atoms with Crippen molar-refractivity contribution in [3.8, 4) is 5.75 Å². The SMILES string of the molecule is CNC(=O)Oc1ccc2c(c1)c1c(n2C)/C(=N/C2CC2c2ccccc2)CC1. The molecule has 0 spiro atoms. The monoisotopic (exact) mass is 373 g/mol. The van der Waals surface area contributed by atoms with Gasteiger partial charge in [0, 0.05) is 30.9 Å². The molecule has 1 heterocycles. The van der Waals surface area contributed by atoms with E-state index in [1.165, 1.54) is 22.5 Å². The van der Waals surface area contributed by atoms with Gasteiger partial charge in [0.05, 0.1) is 17.4 Å². The van der Waals surface area contributed by atoms with Crippen LogP contribution in [0, 0.1) is 0 Å². The van der Waals surface area contributed by atoms with E-state index in [-0.39, 0.29) is 0 Å². The summed E-state index contributed by atoms with van der Waals surface area (Å²) in [6, 6.07) is 16.9. The molecule has 5 nitrogen and oxygen atoms in total. The van der Waals surface area contributed by atoms with Crippen molar-refractivity contribution >= 4 is 22.7 Å². The first-order chi connectivity index (χ1) is 13.7. The molecule has 1 aromatic heterocycles. The molecule has 5 rings (SSSR count). The molecule has 3 aromatic rings. The van der Waals surface area contributed by atoms with Crippen molar-refractivity contribution in [1.82, 2.24) is 9.88 Å². The van der Waals surface area contributed by atoms with Crippen LogP contribution in [0.1, 0.15) is 35.6 Å². The quantitative estimate of drug-likeness (QED) is 0.748. The zero-order valence-electron chi connectivity index (χ0n) is 16.1. The molecule has 2 aromatic carbocycles. The second kappa shape index (κ2) is 6.51. The van der Waals surface area contributed by atoms with Gasteiger partial charge in [0.2, 0.25) is 0 Å². The Bertz CT molecular complexity index is 1100. The van der Waals surface area contributed by atoms with Gasteiger partial charge in [-0.05, 0) is 48.6 Å². The minimum absolute atomic E-state index is 0.397. The summed E-state index contributed by atoms with van der Waals surface area (Å²) in [5.41, 5.74) is 6.31. The van der Waals surface area contributed by atoms with Crippen LogP contribution in [-0.4, -0.2) is 29.5 Å². The third kappa shape index (κ3) is 2.78. The Morgan fingerprint density at radius 2 is 2.00 bits per heavy atom. The van der Waals surface area contributed by atoms with Crippen LogP contribution < -0.4 is 10.1 Å². The number of nitrogens with zero attached hydrogens (tertiary/aromatic N) is 2. The lowest BCUT2D eigenvalue weighted by atomic mass is 10.1. The lowest BCUT2D eigenvalue weighted by Gasteiger charge is -2.06. The fourth-order valence-corrected chi connectivity index (χ4v) is 4.41. The highest BCUT2D eigenvalue weighted by Crippen LogP contribution is 2.45. The van der Waals surface area contributed by atoms with Gasteiger partial charge in [-0.15, -0.1) is 0 Å². The summed E-state index contributed by atoms with van der Waals surface area (Å²) in [7, 11) is 3.66. The van der Waals surface area contributed by atoms with Crippen LogP contribution in [-0.2, 0) is 13.5 Å². The van der Waals surface area contributed by atoms with Crippen LogP contribution in [0.4, 0.5) is 4.79 Å². The summed E-state index contributed by atoms with van der Waals surface area (Å²) >= 11 is 0. The summed E-state index contributed by atoms with van der Waals surface area (Å²) in [5.74, 6) is 1.12. The molecule has 1 fully saturated rings. The summed E-state index contributed by atoms with van der Waals surface area (Å²) in [5, 5.41) is 3.64. The number of benzene rings is 2. The summed E-state index contributed by atoms with van der Waals surface area (Å²) < 4.78 is 7.55. The van der Waals surface area contributed by atoms with E-state index in [0.717, 1.165) is 30.2 Å². The highest BCUT2D eigenvalue weighted by atomic mass is 16.5. The van der Waals surface area contributed by atoms with Crippen molar-refractivity contribution in [3.05, 3.63) is 65.4 Å². The smallest absolute Gasteiger partial charge is 0.410 e. The molecule has 2 unspecified atom stereocenters. The fourth-order valence-electron chi connectivity index (χ4n) is 4.41. The number of ether oxygens (including phenoxy) is 1. The zero-order chi connectivity index (χ0) is 19.3. The van der Waals surface area contributed by atoms with E-state index in [9.17, 15) is 4.79 Å². The van der Waals surface area contributed by atoms with Crippen molar-refractivity contribution in [2.45, 2.75) is 31.2 Å². The van der Waals surface area contributed by atoms with E-state index in [4.69, 9.17) is 9.73 Å². The van der Waals surface area contributed by atoms with Crippen molar-refractivity contribution in [2.24, 2.45) is 12.0 Å². The molecule has 142 valence electrons. The summed E-state index contributed by atoms with van der Waals surface area (Å²) in [6.45, 7) is 0. The number of fused-ring (bicyclic) bond motifs is 3. The summed E-state index contributed by atoms with van der Waals surface area (Å²) in [4.78, 5) is 16.7. The van der Waals surface area contributed by atoms with E-state index < -0.39 is 6.09 Å². The van der Waals surface area contributed by atoms with Crippen molar-refractivity contribution in [3.63, 3.8) is 0 Å². The lowest BCUT2D eigenvalue weighted by Crippen LogP contribution is -2.21. The van der Waals surface area contributed by atoms with E-state index >= 15 is 0 Å². The van der Waals surface area contributed by atoms with E-state index in [1.807, 2.05) is 18.2 Å². The normalized spacial score (nSPS) is 21.7. The van der Waals surface area contributed by atoms with Crippen LogP contribution >= 0.6 is 0 Å². The molecule has 1 N–H and O–H groups in total. The second-order valence-corrected chi connectivity index (χ2v) is 7.60. The van der Waals surface area contributed by atoms with Gasteiger partial charge in [0.25, 0.3) is 0 Å². The topological polar surface area (TPSA) is 55.6 Å². The van der Waals surface area contributed by atoms with Crippen molar-refractivity contribution < 1.29 is 9.53 Å². The van der Waals surface area contributed by atoms with Gasteiger partial charge in [-0.25, -0.2) is 4.79 Å². The first-order valence-electron chi connectivity index (χ1n) is 9.78. The Morgan fingerprint density at radius 3 is 2.79 bits per heavy atom. The maximum absolute atomic E-state index is 11.5. The van der Waals surface area contributed by atoms with Crippen LogP contribution in [0.3, 0.4) is 0 Å².